The third kappa shape index (κ3) is 5.45. The van der Waals surface area contributed by atoms with Crippen molar-refractivity contribution in [2.24, 2.45) is 0 Å². The number of benzene rings is 2. The number of hydrogen-bond donors (Lipinski definition) is 0. The van der Waals surface area contributed by atoms with E-state index in [-0.39, 0.29) is 6.10 Å². The highest BCUT2D eigenvalue weighted by molar-refractivity contribution is 7.18. The summed E-state index contributed by atoms with van der Waals surface area (Å²) in [5.41, 5.74) is 1.65. The molecule has 0 aliphatic heterocycles. The Kier molecular flexibility index (Phi) is 7.70. The maximum atomic E-state index is 14.9. The summed E-state index contributed by atoms with van der Waals surface area (Å²) in [6.07, 6.45) is 3.42. The maximum absolute atomic E-state index is 14.9. The molecule has 1 aromatic heterocycles. The molecule has 0 fully saturated rings. The van der Waals surface area contributed by atoms with Gasteiger partial charge in [-0.3, -0.25) is 0 Å². The number of nitrogens with zero attached hydrogens (tertiary/aromatic N) is 3. The highest BCUT2D eigenvalue weighted by Gasteiger charge is 2.18. The lowest BCUT2D eigenvalue weighted by Crippen LogP contribution is -2.24. The van der Waals surface area contributed by atoms with Gasteiger partial charge in [0.2, 0.25) is 0 Å². The summed E-state index contributed by atoms with van der Waals surface area (Å²) in [6, 6.07) is 8.41. The molecular weight excluding hydrogens is 456 g/mol. The van der Waals surface area contributed by atoms with Crippen LogP contribution < -0.4 is 9.64 Å². The van der Waals surface area contributed by atoms with Gasteiger partial charge in [-0.2, -0.15) is 0 Å². The number of anilines is 1. The van der Waals surface area contributed by atoms with Crippen LogP contribution in [0.1, 0.15) is 13.8 Å². The summed E-state index contributed by atoms with van der Waals surface area (Å²) < 4.78 is 20.6. The second kappa shape index (κ2) is 10.3. The van der Waals surface area contributed by atoms with E-state index in [9.17, 15) is 4.39 Å². The molecule has 0 unspecified atom stereocenters. The molecule has 31 heavy (non-hydrogen) atoms. The van der Waals surface area contributed by atoms with Crippen molar-refractivity contribution in [1.29, 1.82) is 0 Å². The Labute approximate surface area is 195 Å². The molecule has 0 N–H and O–H groups in total. The van der Waals surface area contributed by atoms with Crippen LogP contribution in [0.15, 0.2) is 55.6 Å². The summed E-state index contributed by atoms with van der Waals surface area (Å²) in [6.45, 7) is 12.2. The van der Waals surface area contributed by atoms with Gasteiger partial charge in [0.1, 0.15) is 21.6 Å². The van der Waals surface area contributed by atoms with Crippen molar-refractivity contribution in [3.63, 3.8) is 0 Å². The standard InChI is InChI=1S/C23H22Cl2FN3OS/c1-5-9-29(10-6-2)20-13-17(24)16(12-19(20)26)23-28-27-22(31-23)15-7-8-21(18(25)11-15)30-14(3)4/h5-8,11-14H,1-2,9-10H2,3-4H3. The maximum Gasteiger partial charge on any atom is 0.149 e. The minimum atomic E-state index is -0.405. The summed E-state index contributed by atoms with van der Waals surface area (Å²) >= 11 is 14.1. The van der Waals surface area contributed by atoms with Gasteiger partial charge in [-0.15, -0.1) is 23.4 Å². The molecule has 0 aliphatic carbocycles. The second-order valence-electron chi connectivity index (χ2n) is 6.99. The summed E-state index contributed by atoms with van der Waals surface area (Å²) in [5.74, 6) is 0.201. The first-order valence-corrected chi connectivity index (χ1v) is 11.2. The van der Waals surface area contributed by atoms with Crippen molar-refractivity contribution in [2.75, 3.05) is 18.0 Å². The topological polar surface area (TPSA) is 38.2 Å². The third-order valence-electron chi connectivity index (χ3n) is 4.27. The van der Waals surface area contributed by atoms with Crippen LogP contribution in [0.25, 0.3) is 21.1 Å². The number of hydrogen-bond acceptors (Lipinski definition) is 5. The van der Waals surface area contributed by atoms with Crippen LogP contribution in [-0.2, 0) is 0 Å². The second-order valence-corrected chi connectivity index (χ2v) is 8.78. The first kappa shape index (κ1) is 23.3. The largest absolute Gasteiger partial charge is 0.489 e. The molecule has 1 heterocycles. The quantitative estimate of drug-likeness (QED) is 0.303. The minimum absolute atomic E-state index is 0.0189. The van der Waals surface area contributed by atoms with Crippen molar-refractivity contribution >= 4 is 40.2 Å². The minimum Gasteiger partial charge on any atom is -0.489 e. The molecule has 0 spiro atoms. The fraction of sp³-hybridized carbons (Fsp3) is 0.217. The zero-order valence-electron chi connectivity index (χ0n) is 17.2. The van der Waals surface area contributed by atoms with Crippen molar-refractivity contribution < 1.29 is 9.13 Å². The molecule has 0 bridgehead atoms. The smallest absolute Gasteiger partial charge is 0.149 e. The van der Waals surface area contributed by atoms with Crippen LogP contribution in [0.5, 0.6) is 5.75 Å². The Balaban J connectivity index is 1.92. The van der Waals surface area contributed by atoms with Crippen LogP contribution in [-0.4, -0.2) is 29.4 Å². The monoisotopic (exact) mass is 477 g/mol. The third-order valence-corrected chi connectivity index (χ3v) is 5.89. The lowest BCUT2D eigenvalue weighted by Gasteiger charge is -2.22. The molecule has 3 aromatic rings. The molecule has 3 rings (SSSR count). The van der Waals surface area contributed by atoms with Gasteiger partial charge in [0.25, 0.3) is 0 Å². The zero-order chi connectivity index (χ0) is 22.5. The SMILES string of the molecule is C=CCN(CC=C)c1cc(Cl)c(-c2nnc(-c3ccc(OC(C)C)c(Cl)c3)s2)cc1F. The van der Waals surface area contributed by atoms with Gasteiger partial charge in [0.15, 0.2) is 0 Å². The molecule has 0 saturated carbocycles. The van der Waals surface area contributed by atoms with E-state index in [2.05, 4.69) is 23.4 Å². The summed E-state index contributed by atoms with van der Waals surface area (Å²) in [7, 11) is 0. The van der Waals surface area contributed by atoms with Crippen LogP contribution in [0.2, 0.25) is 10.0 Å². The van der Waals surface area contributed by atoms with Crippen LogP contribution >= 0.6 is 34.5 Å². The molecular formula is C23H22Cl2FN3OS. The van der Waals surface area contributed by atoms with Crippen molar-refractivity contribution in [3.8, 4) is 26.9 Å². The van der Waals surface area contributed by atoms with Gasteiger partial charge < -0.3 is 9.64 Å². The van der Waals surface area contributed by atoms with Gasteiger partial charge in [-0.1, -0.05) is 46.7 Å². The predicted molar refractivity (Wildman–Crippen MR) is 129 cm³/mol. The first-order chi connectivity index (χ1) is 14.8. The molecule has 8 heteroatoms. The molecule has 4 nitrogen and oxygen atoms in total. The van der Waals surface area contributed by atoms with Crippen LogP contribution in [0.3, 0.4) is 0 Å². The van der Waals surface area contributed by atoms with Gasteiger partial charge in [-0.25, -0.2) is 4.39 Å². The van der Waals surface area contributed by atoms with E-state index in [1.54, 1.807) is 35.3 Å². The molecule has 0 radical (unpaired) electrons. The Morgan fingerprint density at radius 1 is 1.06 bits per heavy atom. The Morgan fingerprint density at radius 3 is 2.35 bits per heavy atom. The van der Waals surface area contributed by atoms with E-state index >= 15 is 0 Å². The average Bonchev–Trinajstić information content (AvgIpc) is 3.20. The normalized spacial score (nSPS) is 10.9. The van der Waals surface area contributed by atoms with E-state index in [0.717, 1.165) is 5.56 Å². The highest BCUT2D eigenvalue weighted by Crippen LogP contribution is 2.38. The van der Waals surface area contributed by atoms with Crippen molar-refractivity contribution in [3.05, 3.63) is 71.5 Å². The Bertz CT molecular complexity index is 1090. The number of ether oxygens (including phenoxy) is 1. The van der Waals surface area contributed by atoms with E-state index in [1.807, 2.05) is 19.9 Å². The van der Waals surface area contributed by atoms with Gasteiger partial charge in [-0.05, 0) is 44.2 Å². The first-order valence-electron chi connectivity index (χ1n) is 9.60. The van der Waals surface area contributed by atoms with Gasteiger partial charge >= 0.3 is 0 Å². The van der Waals surface area contributed by atoms with E-state index in [4.69, 9.17) is 27.9 Å². The molecule has 162 valence electrons. The number of halogens is 3. The summed E-state index contributed by atoms with van der Waals surface area (Å²) in [4.78, 5) is 1.79. The number of rotatable bonds is 9. The fourth-order valence-corrected chi connectivity index (χ4v) is 4.36. The van der Waals surface area contributed by atoms with Gasteiger partial charge in [0, 0.05) is 24.2 Å². The van der Waals surface area contributed by atoms with Crippen LogP contribution in [0.4, 0.5) is 10.1 Å². The fourth-order valence-electron chi connectivity index (χ4n) is 2.96. The number of aromatic nitrogens is 2. The van der Waals surface area contributed by atoms with Gasteiger partial charge in [0.05, 0.1) is 21.8 Å². The lowest BCUT2D eigenvalue weighted by atomic mass is 10.2. The van der Waals surface area contributed by atoms with E-state index < -0.39 is 5.82 Å². The zero-order valence-corrected chi connectivity index (χ0v) is 19.6. The van der Waals surface area contributed by atoms with Crippen molar-refractivity contribution in [1.82, 2.24) is 10.2 Å². The van der Waals surface area contributed by atoms with Crippen molar-refractivity contribution in [2.45, 2.75) is 20.0 Å². The highest BCUT2D eigenvalue weighted by atomic mass is 35.5. The lowest BCUT2D eigenvalue weighted by molar-refractivity contribution is 0.242. The molecule has 0 saturated heterocycles. The predicted octanol–water partition coefficient (Wildman–Crippen LogP) is 7.28. The molecule has 0 atom stereocenters. The van der Waals surface area contributed by atoms with Crippen LogP contribution in [0, 0.1) is 5.82 Å². The Morgan fingerprint density at radius 2 is 1.74 bits per heavy atom. The molecule has 2 aromatic carbocycles. The van der Waals surface area contributed by atoms with E-state index in [0.29, 0.717) is 50.2 Å². The summed E-state index contributed by atoms with van der Waals surface area (Å²) in [5, 5.41) is 10.5. The average molecular weight is 478 g/mol. The molecule has 0 aliphatic rings. The Hall–Kier alpha value is -2.41. The van der Waals surface area contributed by atoms with E-state index in [1.165, 1.54) is 17.4 Å². The molecule has 0 amide bonds.